The van der Waals surface area contributed by atoms with E-state index >= 15 is 0 Å². The smallest absolute Gasteiger partial charge is 0.237 e. The van der Waals surface area contributed by atoms with E-state index in [0.717, 1.165) is 12.8 Å². The molecule has 2 atom stereocenters. The lowest BCUT2D eigenvalue weighted by molar-refractivity contribution is -0.125. The van der Waals surface area contributed by atoms with E-state index in [-0.39, 0.29) is 23.8 Å². The number of amides is 1. The topological polar surface area (TPSA) is 75.3 Å². The highest BCUT2D eigenvalue weighted by Crippen LogP contribution is 2.17. The lowest BCUT2D eigenvalue weighted by Gasteiger charge is -2.27. The Bertz CT molecular complexity index is 232. The fourth-order valence-electron chi connectivity index (χ4n) is 1.71. The number of carbonyl (C=O) groups is 1. The summed E-state index contributed by atoms with van der Waals surface area (Å²) in [6.45, 7) is 10.1. The van der Waals surface area contributed by atoms with Crippen molar-refractivity contribution in [2.45, 2.75) is 59.6 Å². The van der Waals surface area contributed by atoms with Gasteiger partial charge < -0.3 is 16.2 Å². The maximum absolute atomic E-state index is 11.7. The SMILES string of the molecule is CCC(CC)C(O)CNC(=O)[C@@H](N)C(C)(C)C. The van der Waals surface area contributed by atoms with Crippen LogP contribution in [0.4, 0.5) is 0 Å². The second kappa shape index (κ2) is 6.97. The van der Waals surface area contributed by atoms with Crippen LogP contribution in [-0.4, -0.2) is 29.7 Å². The van der Waals surface area contributed by atoms with Crippen molar-refractivity contribution in [1.29, 1.82) is 0 Å². The van der Waals surface area contributed by atoms with Gasteiger partial charge in [-0.3, -0.25) is 4.79 Å². The lowest BCUT2D eigenvalue weighted by Crippen LogP contribution is -2.50. The first-order valence-corrected chi connectivity index (χ1v) is 6.45. The minimum atomic E-state index is -0.545. The van der Waals surface area contributed by atoms with Crippen molar-refractivity contribution in [2.75, 3.05) is 6.54 Å². The number of aliphatic hydroxyl groups excluding tert-OH is 1. The van der Waals surface area contributed by atoms with Crippen molar-refractivity contribution in [1.82, 2.24) is 5.32 Å². The minimum absolute atomic E-state index is 0.192. The van der Waals surface area contributed by atoms with Gasteiger partial charge in [0, 0.05) is 6.54 Å². The number of aliphatic hydroxyl groups is 1. The Morgan fingerprint density at radius 2 is 1.76 bits per heavy atom. The zero-order valence-corrected chi connectivity index (χ0v) is 11.8. The van der Waals surface area contributed by atoms with Gasteiger partial charge in [0.1, 0.15) is 0 Å². The molecule has 0 saturated heterocycles. The third kappa shape index (κ3) is 5.50. The van der Waals surface area contributed by atoms with Crippen LogP contribution in [0.1, 0.15) is 47.5 Å². The van der Waals surface area contributed by atoms with Gasteiger partial charge in [-0.1, -0.05) is 47.5 Å². The van der Waals surface area contributed by atoms with E-state index in [1.807, 2.05) is 34.6 Å². The molecule has 0 aliphatic heterocycles. The van der Waals surface area contributed by atoms with Crippen molar-refractivity contribution in [3.05, 3.63) is 0 Å². The van der Waals surface area contributed by atoms with Crippen LogP contribution in [0.25, 0.3) is 0 Å². The van der Waals surface area contributed by atoms with Crippen molar-refractivity contribution in [2.24, 2.45) is 17.1 Å². The first kappa shape index (κ1) is 16.4. The van der Waals surface area contributed by atoms with E-state index in [1.165, 1.54) is 0 Å². The maximum atomic E-state index is 11.7. The minimum Gasteiger partial charge on any atom is -0.391 e. The van der Waals surface area contributed by atoms with Gasteiger partial charge in [-0.15, -0.1) is 0 Å². The fraction of sp³-hybridized carbons (Fsp3) is 0.923. The van der Waals surface area contributed by atoms with Crippen LogP contribution in [-0.2, 0) is 4.79 Å². The van der Waals surface area contributed by atoms with E-state index in [0.29, 0.717) is 0 Å². The number of carbonyl (C=O) groups excluding carboxylic acids is 1. The third-order valence-corrected chi connectivity index (χ3v) is 3.29. The molecule has 0 radical (unpaired) electrons. The molecule has 4 N–H and O–H groups in total. The molecule has 4 heteroatoms. The maximum Gasteiger partial charge on any atom is 0.237 e. The quantitative estimate of drug-likeness (QED) is 0.658. The molecule has 1 unspecified atom stereocenters. The third-order valence-electron chi connectivity index (χ3n) is 3.29. The van der Waals surface area contributed by atoms with Crippen LogP contribution >= 0.6 is 0 Å². The largest absolute Gasteiger partial charge is 0.391 e. The van der Waals surface area contributed by atoms with Crippen LogP contribution in [0.5, 0.6) is 0 Å². The lowest BCUT2D eigenvalue weighted by atomic mass is 9.87. The number of hydrogen-bond donors (Lipinski definition) is 3. The van der Waals surface area contributed by atoms with Gasteiger partial charge in [-0.25, -0.2) is 0 Å². The summed E-state index contributed by atoms with van der Waals surface area (Å²) in [4.78, 5) is 11.7. The van der Waals surface area contributed by atoms with E-state index in [4.69, 9.17) is 5.73 Å². The molecule has 0 fully saturated rings. The Labute approximate surface area is 105 Å². The van der Waals surface area contributed by atoms with Gasteiger partial charge in [0.15, 0.2) is 0 Å². The molecule has 0 spiro atoms. The highest BCUT2D eigenvalue weighted by molar-refractivity contribution is 5.82. The summed E-state index contributed by atoms with van der Waals surface area (Å²) in [7, 11) is 0. The summed E-state index contributed by atoms with van der Waals surface area (Å²) < 4.78 is 0. The van der Waals surface area contributed by atoms with Gasteiger partial charge in [-0.2, -0.15) is 0 Å². The standard InChI is InChI=1S/C13H28N2O2/c1-6-9(7-2)10(16)8-15-12(17)11(14)13(3,4)5/h9-11,16H,6-8,14H2,1-5H3,(H,15,17)/t10?,11-/m1/s1. The zero-order chi connectivity index (χ0) is 13.6. The molecule has 0 bridgehead atoms. The molecule has 0 aliphatic rings. The van der Waals surface area contributed by atoms with Crippen LogP contribution in [0.15, 0.2) is 0 Å². The summed E-state index contributed by atoms with van der Waals surface area (Å²) in [6.07, 6.45) is 1.35. The zero-order valence-electron chi connectivity index (χ0n) is 11.8. The van der Waals surface area contributed by atoms with Gasteiger partial charge in [0.05, 0.1) is 12.1 Å². The van der Waals surface area contributed by atoms with Gasteiger partial charge in [-0.05, 0) is 11.3 Å². The first-order chi connectivity index (χ1) is 7.73. The average Bonchev–Trinajstić information content (AvgIpc) is 2.25. The van der Waals surface area contributed by atoms with Gasteiger partial charge in [0.25, 0.3) is 0 Å². The summed E-state index contributed by atoms with van der Waals surface area (Å²) in [5.74, 6) is 0.0451. The van der Waals surface area contributed by atoms with Gasteiger partial charge in [0.2, 0.25) is 5.91 Å². The molecular formula is C13H28N2O2. The molecule has 1 amide bonds. The second-order valence-corrected chi connectivity index (χ2v) is 5.73. The summed E-state index contributed by atoms with van der Waals surface area (Å²) in [5.41, 5.74) is 5.57. The van der Waals surface area contributed by atoms with Gasteiger partial charge >= 0.3 is 0 Å². The van der Waals surface area contributed by atoms with Crippen molar-refractivity contribution in [3.63, 3.8) is 0 Å². The summed E-state index contributed by atoms with van der Waals surface area (Å²) >= 11 is 0. The Morgan fingerprint density at radius 1 is 1.29 bits per heavy atom. The van der Waals surface area contributed by atoms with Crippen LogP contribution in [0.3, 0.4) is 0 Å². The predicted molar refractivity (Wildman–Crippen MR) is 70.5 cm³/mol. The molecule has 0 aromatic heterocycles. The van der Waals surface area contributed by atoms with E-state index in [9.17, 15) is 9.90 Å². The molecule has 102 valence electrons. The Balaban J connectivity index is 4.16. The van der Waals surface area contributed by atoms with Crippen LogP contribution < -0.4 is 11.1 Å². The molecule has 0 rings (SSSR count). The van der Waals surface area contributed by atoms with Crippen LogP contribution in [0.2, 0.25) is 0 Å². The monoisotopic (exact) mass is 244 g/mol. The number of hydrogen-bond acceptors (Lipinski definition) is 3. The summed E-state index contributed by atoms with van der Waals surface area (Å²) in [6, 6.07) is -0.545. The molecule has 4 nitrogen and oxygen atoms in total. The molecule has 17 heavy (non-hydrogen) atoms. The fourth-order valence-corrected chi connectivity index (χ4v) is 1.71. The highest BCUT2D eigenvalue weighted by atomic mass is 16.3. The molecule has 0 aromatic carbocycles. The van der Waals surface area contributed by atoms with Crippen LogP contribution in [0, 0.1) is 11.3 Å². The van der Waals surface area contributed by atoms with E-state index < -0.39 is 12.1 Å². The van der Waals surface area contributed by atoms with E-state index in [1.54, 1.807) is 0 Å². The van der Waals surface area contributed by atoms with Crippen molar-refractivity contribution in [3.8, 4) is 0 Å². The average molecular weight is 244 g/mol. The molecule has 0 aromatic rings. The molecule has 0 heterocycles. The Hall–Kier alpha value is -0.610. The molecule has 0 saturated carbocycles. The number of rotatable bonds is 6. The Kier molecular flexibility index (Phi) is 6.72. The Morgan fingerprint density at radius 3 is 2.12 bits per heavy atom. The number of nitrogens with one attached hydrogen (secondary N) is 1. The van der Waals surface area contributed by atoms with Crippen molar-refractivity contribution >= 4 is 5.91 Å². The molecule has 0 aliphatic carbocycles. The second-order valence-electron chi connectivity index (χ2n) is 5.73. The predicted octanol–water partition coefficient (Wildman–Crippen LogP) is 1.27. The number of nitrogens with two attached hydrogens (primary N) is 1. The van der Waals surface area contributed by atoms with E-state index in [2.05, 4.69) is 5.32 Å². The highest BCUT2D eigenvalue weighted by Gasteiger charge is 2.28. The summed E-state index contributed by atoms with van der Waals surface area (Å²) in [5, 5.41) is 12.6. The van der Waals surface area contributed by atoms with Crippen molar-refractivity contribution < 1.29 is 9.90 Å². The molecular weight excluding hydrogens is 216 g/mol. The normalized spacial score (nSPS) is 15.8. The first-order valence-electron chi connectivity index (χ1n) is 6.45.